The molecule has 0 radical (unpaired) electrons. The van der Waals surface area contributed by atoms with Crippen molar-refractivity contribution in [3.05, 3.63) is 72.2 Å². The normalized spacial score (nSPS) is 20.2. The van der Waals surface area contributed by atoms with Crippen LogP contribution in [-0.4, -0.2) is 15.3 Å². The lowest BCUT2D eigenvalue weighted by Gasteiger charge is -2.28. The third-order valence-electron chi connectivity index (χ3n) is 3.92. The fraction of sp³-hybridized carbons (Fsp3) is 0.167. The van der Waals surface area contributed by atoms with Crippen molar-refractivity contribution in [3.63, 3.8) is 0 Å². The van der Waals surface area contributed by atoms with Crippen LogP contribution in [0.1, 0.15) is 17.5 Å². The van der Waals surface area contributed by atoms with E-state index in [1.165, 1.54) is 0 Å². The van der Waals surface area contributed by atoms with Gasteiger partial charge in [0.05, 0.1) is 17.3 Å². The summed E-state index contributed by atoms with van der Waals surface area (Å²) in [5.41, 5.74) is 3.22. The lowest BCUT2D eigenvalue weighted by molar-refractivity contribution is 0.172. The van der Waals surface area contributed by atoms with Crippen LogP contribution < -0.4 is 4.74 Å². The summed E-state index contributed by atoms with van der Waals surface area (Å²) in [5, 5.41) is -0.135. The molecule has 0 saturated carbocycles. The van der Waals surface area contributed by atoms with Gasteiger partial charge < -0.3 is 9.72 Å². The second kappa shape index (κ2) is 5.50. The van der Waals surface area contributed by atoms with E-state index in [2.05, 4.69) is 16.0 Å². The second-order valence-corrected chi connectivity index (χ2v) is 5.98. The first-order valence-corrected chi connectivity index (χ1v) is 7.74. The maximum atomic E-state index is 6.52. The van der Waals surface area contributed by atoms with Gasteiger partial charge in [-0.15, -0.1) is 11.6 Å². The Labute approximate surface area is 133 Å². The molecule has 2 aromatic carbocycles. The number of nitrogens with zero attached hydrogens (tertiary/aromatic N) is 1. The number of hydrogen-bond donors (Lipinski definition) is 1. The summed E-state index contributed by atoms with van der Waals surface area (Å²) in [7, 11) is 0. The number of ether oxygens (including phenoxy) is 1. The number of halogens is 1. The predicted molar refractivity (Wildman–Crippen MR) is 87.2 cm³/mol. The highest BCUT2D eigenvalue weighted by molar-refractivity contribution is 6.21. The minimum atomic E-state index is -0.256. The van der Waals surface area contributed by atoms with Gasteiger partial charge in [0.2, 0.25) is 0 Å². The average molecular weight is 311 g/mol. The van der Waals surface area contributed by atoms with Gasteiger partial charge in [0, 0.05) is 0 Å². The van der Waals surface area contributed by atoms with E-state index in [9.17, 15) is 0 Å². The van der Waals surface area contributed by atoms with Crippen molar-refractivity contribution < 1.29 is 4.74 Å². The Morgan fingerprint density at radius 2 is 1.82 bits per heavy atom. The SMILES string of the molecule is ClC1Cc2ccccc2OC1c1ncc(-c2ccccc2)[nH]1. The van der Waals surface area contributed by atoms with Crippen LogP contribution in [0.4, 0.5) is 0 Å². The van der Waals surface area contributed by atoms with E-state index in [4.69, 9.17) is 16.3 Å². The number of hydrogen-bond acceptors (Lipinski definition) is 2. The third-order valence-corrected chi connectivity index (χ3v) is 4.30. The number of alkyl halides is 1. The molecule has 0 spiro atoms. The third kappa shape index (κ3) is 2.38. The molecular formula is C18H15ClN2O. The quantitative estimate of drug-likeness (QED) is 0.714. The zero-order valence-electron chi connectivity index (χ0n) is 11.9. The second-order valence-electron chi connectivity index (χ2n) is 5.41. The lowest BCUT2D eigenvalue weighted by Crippen LogP contribution is -2.27. The van der Waals surface area contributed by atoms with Crippen molar-refractivity contribution in [2.75, 3.05) is 0 Å². The zero-order chi connectivity index (χ0) is 14.9. The summed E-state index contributed by atoms with van der Waals surface area (Å²) < 4.78 is 6.05. The van der Waals surface area contributed by atoms with Crippen LogP contribution in [0.5, 0.6) is 5.75 Å². The molecule has 1 N–H and O–H groups in total. The van der Waals surface area contributed by atoms with Crippen LogP contribution in [0.2, 0.25) is 0 Å². The smallest absolute Gasteiger partial charge is 0.172 e. The van der Waals surface area contributed by atoms with Gasteiger partial charge in [-0.05, 0) is 23.6 Å². The Bertz CT molecular complexity index is 785. The van der Waals surface area contributed by atoms with Gasteiger partial charge in [-0.1, -0.05) is 48.5 Å². The number of benzene rings is 2. The average Bonchev–Trinajstić information content (AvgIpc) is 3.05. The van der Waals surface area contributed by atoms with Gasteiger partial charge in [-0.3, -0.25) is 0 Å². The Morgan fingerprint density at radius 3 is 2.68 bits per heavy atom. The fourth-order valence-corrected chi connectivity index (χ4v) is 3.12. The number of imidazole rings is 1. The highest BCUT2D eigenvalue weighted by Gasteiger charge is 2.31. The van der Waals surface area contributed by atoms with Gasteiger partial charge >= 0.3 is 0 Å². The molecule has 3 nitrogen and oxygen atoms in total. The van der Waals surface area contributed by atoms with Crippen LogP contribution >= 0.6 is 11.6 Å². The number of aromatic amines is 1. The van der Waals surface area contributed by atoms with E-state index in [-0.39, 0.29) is 11.5 Å². The summed E-state index contributed by atoms with van der Waals surface area (Å²) >= 11 is 6.52. The first-order chi connectivity index (χ1) is 10.8. The van der Waals surface area contributed by atoms with Crippen molar-refractivity contribution in [2.24, 2.45) is 0 Å². The van der Waals surface area contributed by atoms with Crippen LogP contribution in [0.15, 0.2) is 60.8 Å². The Morgan fingerprint density at radius 1 is 1.05 bits per heavy atom. The molecule has 2 unspecified atom stereocenters. The van der Waals surface area contributed by atoms with Gasteiger partial charge in [-0.2, -0.15) is 0 Å². The van der Waals surface area contributed by atoms with Gasteiger partial charge in [0.25, 0.3) is 0 Å². The number of H-pyrrole nitrogens is 1. The highest BCUT2D eigenvalue weighted by atomic mass is 35.5. The summed E-state index contributed by atoms with van der Waals surface area (Å²) in [6, 6.07) is 18.1. The summed E-state index contributed by atoms with van der Waals surface area (Å²) in [5.74, 6) is 1.66. The van der Waals surface area contributed by atoms with Gasteiger partial charge in [0.1, 0.15) is 11.6 Å². The first kappa shape index (κ1) is 13.4. The van der Waals surface area contributed by atoms with E-state index in [0.717, 1.165) is 34.8 Å². The van der Waals surface area contributed by atoms with Gasteiger partial charge in [0.15, 0.2) is 6.10 Å². The number of para-hydroxylation sites is 1. The van der Waals surface area contributed by atoms with E-state index >= 15 is 0 Å². The summed E-state index contributed by atoms with van der Waals surface area (Å²) in [6.45, 7) is 0. The van der Waals surface area contributed by atoms with Crippen LogP contribution in [0.3, 0.4) is 0 Å². The van der Waals surface area contributed by atoms with Crippen molar-refractivity contribution in [3.8, 4) is 17.0 Å². The largest absolute Gasteiger partial charge is 0.481 e. The molecule has 110 valence electrons. The zero-order valence-corrected chi connectivity index (χ0v) is 12.6. The van der Waals surface area contributed by atoms with Crippen molar-refractivity contribution in [1.82, 2.24) is 9.97 Å². The molecule has 4 rings (SSSR count). The summed E-state index contributed by atoms with van der Waals surface area (Å²) in [4.78, 5) is 7.81. The molecule has 0 aliphatic carbocycles. The molecule has 3 aromatic rings. The minimum Gasteiger partial charge on any atom is -0.481 e. The van der Waals surface area contributed by atoms with Gasteiger partial charge in [-0.25, -0.2) is 4.98 Å². The monoisotopic (exact) mass is 310 g/mol. The molecule has 2 atom stereocenters. The number of aromatic nitrogens is 2. The Balaban J connectivity index is 1.64. The predicted octanol–water partition coefficient (Wildman–Crippen LogP) is 4.36. The molecule has 22 heavy (non-hydrogen) atoms. The van der Waals surface area contributed by atoms with Crippen molar-refractivity contribution >= 4 is 11.6 Å². The molecular weight excluding hydrogens is 296 g/mol. The van der Waals surface area contributed by atoms with E-state index in [1.807, 2.05) is 54.7 Å². The molecule has 4 heteroatoms. The maximum Gasteiger partial charge on any atom is 0.172 e. The lowest BCUT2D eigenvalue weighted by atomic mass is 10.0. The molecule has 1 aliphatic rings. The molecule has 1 aliphatic heterocycles. The molecule has 1 aromatic heterocycles. The number of fused-ring (bicyclic) bond motifs is 1. The molecule has 2 heterocycles. The van der Waals surface area contributed by atoms with E-state index in [0.29, 0.717) is 0 Å². The molecule has 0 saturated heterocycles. The standard InChI is InChI=1S/C18H15ClN2O/c19-14-10-13-8-4-5-9-16(13)22-17(14)18-20-11-15(21-18)12-6-2-1-3-7-12/h1-9,11,14,17H,10H2,(H,20,21). The topological polar surface area (TPSA) is 37.9 Å². The van der Waals surface area contributed by atoms with Crippen LogP contribution in [0, 0.1) is 0 Å². The highest BCUT2D eigenvalue weighted by Crippen LogP contribution is 2.37. The fourth-order valence-electron chi connectivity index (χ4n) is 2.79. The van der Waals surface area contributed by atoms with Crippen LogP contribution in [0.25, 0.3) is 11.3 Å². The van der Waals surface area contributed by atoms with E-state index in [1.54, 1.807) is 0 Å². The first-order valence-electron chi connectivity index (χ1n) is 7.30. The number of nitrogens with one attached hydrogen (secondary N) is 1. The van der Waals surface area contributed by atoms with Crippen LogP contribution in [-0.2, 0) is 6.42 Å². The molecule has 0 bridgehead atoms. The van der Waals surface area contributed by atoms with Crippen molar-refractivity contribution in [2.45, 2.75) is 17.9 Å². The Kier molecular flexibility index (Phi) is 3.35. The summed E-state index contributed by atoms with van der Waals surface area (Å²) in [6.07, 6.45) is 2.36. The molecule has 0 amide bonds. The minimum absolute atomic E-state index is 0.135. The van der Waals surface area contributed by atoms with E-state index < -0.39 is 0 Å². The van der Waals surface area contributed by atoms with Crippen molar-refractivity contribution in [1.29, 1.82) is 0 Å². The Hall–Kier alpha value is -2.26. The molecule has 0 fully saturated rings. The number of rotatable bonds is 2. The maximum absolute atomic E-state index is 6.52.